The molecule has 2 aromatic heterocycles. The van der Waals surface area contributed by atoms with Gasteiger partial charge in [-0.3, -0.25) is 9.69 Å². The predicted octanol–water partition coefficient (Wildman–Crippen LogP) is 2.49. The average molecular weight is 278 g/mol. The van der Waals surface area contributed by atoms with Crippen LogP contribution in [0.4, 0.5) is 11.6 Å². The van der Waals surface area contributed by atoms with E-state index in [1.54, 1.807) is 25.4 Å². The molecule has 0 bridgehead atoms. The molecule has 21 heavy (non-hydrogen) atoms. The van der Waals surface area contributed by atoms with Crippen molar-refractivity contribution in [3.8, 4) is 0 Å². The van der Waals surface area contributed by atoms with Gasteiger partial charge in [0.25, 0.3) is 5.91 Å². The van der Waals surface area contributed by atoms with Crippen LogP contribution in [-0.4, -0.2) is 22.9 Å². The van der Waals surface area contributed by atoms with Crippen LogP contribution in [0.2, 0.25) is 0 Å². The van der Waals surface area contributed by atoms with Crippen LogP contribution in [0.15, 0.2) is 54.7 Å². The van der Waals surface area contributed by atoms with Crippen molar-refractivity contribution in [2.45, 2.75) is 0 Å². The molecule has 0 unspecified atom stereocenters. The van der Waals surface area contributed by atoms with Crippen molar-refractivity contribution in [2.75, 3.05) is 17.7 Å². The van der Waals surface area contributed by atoms with Gasteiger partial charge in [-0.05, 0) is 24.3 Å². The van der Waals surface area contributed by atoms with Crippen molar-refractivity contribution < 1.29 is 4.79 Å². The average Bonchev–Trinajstić information content (AvgIpc) is 2.53. The van der Waals surface area contributed by atoms with Gasteiger partial charge in [-0.25, -0.2) is 9.97 Å². The van der Waals surface area contributed by atoms with Gasteiger partial charge in [0, 0.05) is 18.6 Å². The summed E-state index contributed by atoms with van der Waals surface area (Å²) in [6.07, 6.45) is 1.65. The second kappa shape index (κ2) is 5.20. The lowest BCUT2D eigenvalue weighted by molar-refractivity contribution is 0.0994. The number of nitrogens with two attached hydrogens (primary N) is 1. The molecular weight excluding hydrogens is 264 g/mol. The standard InChI is InChI=1S/C16H14N4O/c1-20(15-8-4-5-9-18-15)16(21)12-10-14(17)19-13-7-3-2-6-11(12)13/h2-10H,1H3,(H2,17,19). The number of nitrogen functional groups attached to an aromatic ring is 1. The van der Waals surface area contributed by atoms with E-state index in [4.69, 9.17) is 5.73 Å². The van der Waals surface area contributed by atoms with Crippen LogP contribution in [0.1, 0.15) is 10.4 Å². The van der Waals surface area contributed by atoms with Crippen LogP contribution in [0.3, 0.4) is 0 Å². The van der Waals surface area contributed by atoms with Gasteiger partial charge in [-0.15, -0.1) is 0 Å². The van der Waals surface area contributed by atoms with Gasteiger partial charge in [-0.2, -0.15) is 0 Å². The first kappa shape index (κ1) is 13.1. The van der Waals surface area contributed by atoms with E-state index in [1.165, 1.54) is 4.90 Å². The van der Waals surface area contributed by atoms with Crippen LogP contribution in [0.25, 0.3) is 10.9 Å². The number of carbonyl (C=O) groups is 1. The molecule has 2 N–H and O–H groups in total. The summed E-state index contributed by atoms with van der Waals surface area (Å²) in [4.78, 5) is 22.6. The third-order valence-electron chi connectivity index (χ3n) is 3.26. The Morgan fingerprint density at radius 2 is 1.90 bits per heavy atom. The molecule has 1 aromatic carbocycles. The minimum Gasteiger partial charge on any atom is -0.384 e. The molecule has 0 spiro atoms. The molecule has 2 heterocycles. The third-order valence-corrected chi connectivity index (χ3v) is 3.26. The second-order valence-electron chi connectivity index (χ2n) is 4.66. The lowest BCUT2D eigenvalue weighted by atomic mass is 10.1. The molecular formula is C16H14N4O. The highest BCUT2D eigenvalue weighted by atomic mass is 16.2. The second-order valence-corrected chi connectivity index (χ2v) is 4.66. The SMILES string of the molecule is CN(C(=O)c1cc(N)nc2ccccc12)c1ccccn1. The number of amides is 1. The highest BCUT2D eigenvalue weighted by molar-refractivity contribution is 6.13. The Morgan fingerprint density at radius 1 is 1.14 bits per heavy atom. The van der Waals surface area contributed by atoms with Crippen molar-refractivity contribution in [1.29, 1.82) is 0 Å². The van der Waals surface area contributed by atoms with Crippen LogP contribution in [-0.2, 0) is 0 Å². The number of aromatic nitrogens is 2. The number of rotatable bonds is 2. The normalized spacial score (nSPS) is 10.5. The Bertz CT molecular complexity index is 802. The quantitative estimate of drug-likeness (QED) is 0.781. The number of hydrogen-bond acceptors (Lipinski definition) is 4. The van der Waals surface area contributed by atoms with E-state index in [1.807, 2.05) is 36.4 Å². The fourth-order valence-electron chi connectivity index (χ4n) is 2.21. The molecule has 0 aliphatic heterocycles. The van der Waals surface area contributed by atoms with Gasteiger partial charge in [0.05, 0.1) is 11.1 Å². The summed E-state index contributed by atoms with van der Waals surface area (Å²) in [7, 11) is 1.69. The first-order valence-electron chi connectivity index (χ1n) is 6.51. The summed E-state index contributed by atoms with van der Waals surface area (Å²) in [5, 5.41) is 0.777. The Labute approximate surface area is 122 Å². The van der Waals surface area contributed by atoms with E-state index in [2.05, 4.69) is 9.97 Å². The number of carbonyl (C=O) groups excluding carboxylic acids is 1. The predicted molar refractivity (Wildman–Crippen MR) is 83.1 cm³/mol. The van der Waals surface area contributed by atoms with Crippen molar-refractivity contribution >= 4 is 28.4 Å². The van der Waals surface area contributed by atoms with Gasteiger partial charge in [0.1, 0.15) is 11.6 Å². The molecule has 5 heteroatoms. The Hall–Kier alpha value is -2.95. The van der Waals surface area contributed by atoms with Gasteiger partial charge < -0.3 is 5.73 Å². The van der Waals surface area contributed by atoms with Crippen LogP contribution in [0.5, 0.6) is 0 Å². The van der Waals surface area contributed by atoms with Crippen molar-refractivity contribution in [3.05, 3.63) is 60.3 Å². The molecule has 104 valence electrons. The highest BCUT2D eigenvalue weighted by Gasteiger charge is 2.18. The number of nitrogens with zero attached hydrogens (tertiary/aromatic N) is 3. The van der Waals surface area contributed by atoms with Gasteiger partial charge >= 0.3 is 0 Å². The molecule has 0 aliphatic rings. The number of para-hydroxylation sites is 1. The van der Waals surface area contributed by atoms with Crippen LogP contribution in [0, 0.1) is 0 Å². The summed E-state index contributed by atoms with van der Waals surface area (Å²) in [5.74, 6) is 0.743. The molecule has 5 nitrogen and oxygen atoms in total. The Kier molecular flexibility index (Phi) is 3.23. The van der Waals surface area contributed by atoms with E-state index in [0.717, 1.165) is 5.39 Å². The molecule has 0 fully saturated rings. The Balaban J connectivity index is 2.10. The molecule has 0 saturated carbocycles. The van der Waals surface area contributed by atoms with E-state index < -0.39 is 0 Å². The van der Waals surface area contributed by atoms with Gasteiger partial charge in [-0.1, -0.05) is 24.3 Å². The highest BCUT2D eigenvalue weighted by Crippen LogP contribution is 2.22. The minimum absolute atomic E-state index is 0.168. The van der Waals surface area contributed by atoms with E-state index >= 15 is 0 Å². The number of pyridine rings is 2. The lowest BCUT2D eigenvalue weighted by Crippen LogP contribution is -2.27. The van der Waals surface area contributed by atoms with Crippen LogP contribution < -0.4 is 10.6 Å². The van der Waals surface area contributed by atoms with Crippen molar-refractivity contribution in [3.63, 3.8) is 0 Å². The van der Waals surface area contributed by atoms with Crippen molar-refractivity contribution in [1.82, 2.24) is 9.97 Å². The largest absolute Gasteiger partial charge is 0.384 e. The zero-order chi connectivity index (χ0) is 14.8. The molecule has 0 atom stereocenters. The smallest absolute Gasteiger partial charge is 0.259 e. The molecule has 3 rings (SSSR count). The summed E-state index contributed by atoms with van der Waals surface area (Å²) >= 11 is 0. The third kappa shape index (κ3) is 2.41. The van der Waals surface area contributed by atoms with Crippen LogP contribution >= 0.6 is 0 Å². The topological polar surface area (TPSA) is 72.1 Å². The van der Waals surface area contributed by atoms with Crippen molar-refractivity contribution in [2.24, 2.45) is 0 Å². The number of benzene rings is 1. The molecule has 0 saturated heterocycles. The number of fused-ring (bicyclic) bond motifs is 1. The number of anilines is 2. The molecule has 0 aliphatic carbocycles. The first-order chi connectivity index (χ1) is 10.2. The lowest BCUT2D eigenvalue weighted by Gasteiger charge is -2.17. The zero-order valence-corrected chi connectivity index (χ0v) is 11.5. The summed E-state index contributed by atoms with van der Waals surface area (Å²) < 4.78 is 0. The monoisotopic (exact) mass is 278 g/mol. The Morgan fingerprint density at radius 3 is 2.67 bits per heavy atom. The molecule has 3 aromatic rings. The molecule has 0 radical (unpaired) electrons. The minimum atomic E-state index is -0.168. The summed E-state index contributed by atoms with van der Waals surface area (Å²) in [5.41, 5.74) is 7.03. The van der Waals surface area contributed by atoms with E-state index in [-0.39, 0.29) is 5.91 Å². The number of hydrogen-bond donors (Lipinski definition) is 1. The maximum Gasteiger partial charge on any atom is 0.259 e. The zero-order valence-electron chi connectivity index (χ0n) is 11.5. The van der Waals surface area contributed by atoms with Gasteiger partial charge in [0.15, 0.2) is 0 Å². The fraction of sp³-hybridized carbons (Fsp3) is 0.0625. The maximum atomic E-state index is 12.7. The van der Waals surface area contributed by atoms with Gasteiger partial charge in [0.2, 0.25) is 0 Å². The molecule has 1 amide bonds. The maximum absolute atomic E-state index is 12.7. The summed E-state index contributed by atoms with van der Waals surface area (Å²) in [6.45, 7) is 0. The van der Waals surface area contributed by atoms with E-state index in [9.17, 15) is 4.79 Å². The fourth-order valence-corrected chi connectivity index (χ4v) is 2.21. The first-order valence-corrected chi connectivity index (χ1v) is 6.51. The summed E-state index contributed by atoms with van der Waals surface area (Å²) in [6, 6.07) is 14.5. The van der Waals surface area contributed by atoms with E-state index in [0.29, 0.717) is 22.7 Å².